The van der Waals surface area contributed by atoms with E-state index in [2.05, 4.69) is 10.3 Å². The molecule has 8 nitrogen and oxygen atoms in total. The Morgan fingerprint density at radius 1 is 1.11 bits per heavy atom. The zero-order valence-electron chi connectivity index (χ0n) is 20.5. The second kappa shape index (κ2) is 10.8. The second-order valence-corrected chi connectivity index (χ2v) is 14.0. The van der Waals surface area contributed by atoms with Crippen LogP contribution < -0.4 is 10.2 Å². The topological polar surface area (TPSA) is 105 Å². The summed E-state index contributed by atoms with van der Waals surface area (Å²) >= 11 is 14.1. The lowest BCUT2D eigenvalue weighted by Gasteiger charge is -2.27. The first kappa shape index (κ1) is 27.8. The number of halogens is 2. The summed E-state index contributed by atoms with van der Waals surface area (Å²) in [5, 5.41) is 3.21. The van der Waals surface area contributed by atoms with Gasteiger partial charge >= 0.3 is 6.09 Å². The number of thioether (sulfide) groups is 1. The smallest absolute Gasteiger partial charge is 0.408 e. The minimum absolute atomic E-state index is 0.0439. The van der Waals surface area contributed by atoms with Crippen molar-refractivity contribution in [1.82, 2.24) is 5.32 Å². The van der Waals surface area contributed by atoms with E-state index in [0.717, 1.165) is 5.56 Å². The van der Waals surface area contributed by atoms with Gasteiger partial charge in [0.25, 0.3) is 5.91 Å². The van der Waals surface area contributed by atoms with Crippen LogP contribution in [0.25, 0.3) is 0 Å². The number of sulfone groups is 1. The summed E-state index contributed by atoms with van der Waals surface area (Å²) in [5.41, 5.74) is 0.470. The molecule has 2 saturated heterocycles. The first-order chi connectivity index (χ1) is 17.3. The van der Waals surface area contributed by atoms with Gasteiger partial charge in [0, 0.05) is 11.7 Å². The summed E-state index contributed by atoms with van der Waals surface area (Å²) in [7, 11) is -3.28. The van der Waals surface area contributed by atoms with Crippen molar-refractivity contribution in [3.8, 4) is 0 Å². The Balaban J connectivity index is 1.69. The van der Waals surface area contributed by atoms with Crippen LogP contribution in [0.4, 0.5) is 10.5 Å². The maximum atomic E-state index is 13.5. The average Bonchev–Trinajstić information content (AvgIpc) is 3.24. The van der Waals surface area contributed by atoms with Crippen molar-refractivity contribution < 1.29 is 22.7 Å². The third-order valence-corrected chi connectivity index (χ3v) is 9.54. The summed E-state index contributed by atoms with van der Waals surface area (Å²) < 4.78 is 30.1. The fraction of sp³-hybridized carbons (Fsp3) is 0.400. The van der Waals surface area contributed by atoms with E-state index in [1.54, 1.807) is 43.9 Å². The fourth-order valence-electron chi connectivity index (χ4n) is 4.22. The Labute approximate surface area is 230 Å². The molecule has 0 aromatic heterocycles. The number of carbonyl (C=O) groups excluding carboxylic acids is 2. The number of rotatable bonds is 5. The first-order valence-electron chi connectivity index (χ1n) is 11.6. The van der Waals surface area contributed by atoms with Crippen molar-refractivity contribution in [2.24, 2.45) is 4.99 Å². The van der Waals surface area contributed by atoms with Crippen LogP contribution in [0.2, 0.25) is 10.0 Å². The van der Waals surface area contributed by atoms with Crippen LogP contribution in [-0.2, 0) is 25.8 Å². The van der Waals surface area contributed by atoms with E-state index in [9.17, 15) is 18.0 Å². The molecule has 2 amide bonds. The van der Waals surface area contributed by atoms with Gasteiger partial charge < -0.3 is 15.0 Å². The van der Waals surface area contributed by atoms with Crippen LogP contribution in [0.15, 0.2) is 53.5 Å². The van der Waals surface area contributed by atoms with Crippen LogP contribution in [0, 0.1) is 0 Å². The highest BCUT2D eigenvalue weighted by molar-refractivity contribution is 8.16. The molecule has 198 valence electrons. The molecule has 0 unspecified atom stereocenters. The SMILES string of the molecule is CC(C)(C)OC(=O)N[C@H](Cc1ccccc1)C(=O)N=C1S[C@@H]2CS(=O)(=O)C[C@H]2N1c1c(Cl)cccc1Cl. The number of ether oxygens (including phenoxy) is 1. The standard InChI is InChI=1S/C25H27Cl2N3O5S2/c1-25(2,3)35-24(32)28-18(12-15-8-5-4-6-9-15)22(31)29-23-30(21-16(26)10-7-11-17(21)27)19-13-37(33,34)14-20(19)36-23/h4-11,18-20H,12-14H2,1-3H3,(H,28,32)/t18-,19-,20-/m1/s1. The van der Waals surface area contributed by atoms with E-state index in [0.29, 0.717) is 15.7 Å². The molecule has 2 aliphatic rings. The quantitative estimate of drug-likeness (QED) is 0.542. The van der Waals surface area contributed by atoms with Gasteiger partial charge in [-0.1, -0.05) is 71.4 Å². The summed E-state index contributed by atoms with van der Waals surface area (Å²) in [5.74, 6) is -0.756. The summed E-state index contributed by atoms with van der Waals surface area (Å²) in [4.78, 5) is 32.1. The van der Waals surface area contributed by atoms with Crippen molar-refractivity contribution in [3.63, 3.8) is 0 Å². The van der Waals surface area contributed by atoms with Crippen LogP contribution in [0.1, 0.15) is 26.3 Å². The van der Waals surface area contributed by atoms with Crippen molar-refractivity contribution >= 4 is 67.7 Å². The number of hydrogen-bond donors (Lipinski definition) is 1. The lowest BCUT2D eigenvalue weighted by Crippen LogP contribution is -2.45. The van der Waals surface area contributed by atoms with Crippen LogP contribution in [-0.4, -0.2) is 60.0 Å². The molecule has 1 N–H and O–H groups in total. The van der Waals surface area contributed by atoms with Crippen LogP contribution in [0.3, 0.4) is 0 Å². The molecule has 0 spiro atoms. The van der Waals surface area contributed by atoms with E-state index in [4.69, 9.17) is 27.9 Å². The van der Waals surface area contributed by atoms with Gasteiger partial charge in [-0.05, 0) is 38.5 Å². The summed E-state index contributed by atoms with van der Waals surface area (Å²) in [6.45, 7) is 5.19. The molecular weight excluding hydrogens is 557 g/mol. The number of amidine groups is 1. The molecule has 0 saturated carbocycles. The van der Waals surface area contributed by atoms with Gasteiger partial charge in [-0.2, -0.15) is 4.99 Å². The fourth-order valence-corrected chi connectivity index (χ4v) is 8.70. The molecule has 0 radical (unpaired) electrons. The Kier molecular flexibility index (Phi) is 8.13. The normalized spacial score (nSPS) is 22.5. The highest BCUT2D eigenvalue weighted by Gasteiger charge is 2.50. The van der Waals surface area contributed by atoms with Gasteiger partial charge in [0.1, 0.15) is 11.6 Å². The first-order valence-corrected chi connectivity index (χ1v) is 15.0. The molecule has 0 bridgehead atoms. The van der Waals surface area contributed by atoms with Crippen LogP contribution >= 0.6 is 35.0 Å². The van der Waals surface area contributed by atoms with Crippen molar-refractivity contribution in [2.75, 3.05) is 16.4 Å². The Hall–Kier alpha value is -2.27. The molecule has 3 atom stereocenters. The largest absolute Gasteiger partial charge is 0.444 e. The van der Waals surface area contributed by atoms with Crippen molar-refractivity contribution in [3.05, 3.63) is 64.1 Å². The molecule has 12 heteroatoms. The number of benzene rings is 2. The molecule has 37 heavy (non-hydrogen) atoms. The molecular formula is C25H27Cl2N3O5S2. The van der Waals surface area contributed by atoms with E-state index < -0.39 is 39.5 Å². The number of hydrogen-bond acceptors (Lipinski definition) is 6. The van der Waals surface area contributed by atoms with Crippen molar-refractivity contribution in [1.29, 1.82) is 0 Å². The highest BCUT2D eigenvalue weighted by atomic mass is 35.5. The second-order valence-electron chi connectivity index (χ2n) is 9.86. The maximum Gasteiger partial charge on any atom is 0.408 e. The Bertz CT molecular complexity index is 1310. The number of amides is 2. The van der Waals surface area contributed by atoms with Gasteiger partial charge in [0.2, 0.25) is 0 Å². The van der Waals surface area contributed by atoms with Gasteiger partial charge in [-0.25, -0.2) is 13.2 Å². The number of anilines is 1. The van der Waals surface area contributed by atoms with E-state index >= 15 is 0 Å². The molecule has 2 aromatic rings. The van der Waals surface area contributed by atoms with Gasteiger partial charge in [0.15, 0.2) is 15.0 Å². The number of nitrogens with zero attached hydrogens (tertiary/aromatic N) is 2. The highest BCUT2D eigenvalue weighted by Crippen LogP contribution is 2.45. The third kappa shape index (κ3) is 6.79. The van der Waals surface area contributed by atoms with E-state index in [-0.39, 0.29) is 28.3 Å². The van der Waals surface area contributed by atoms with E-state index in [1.807, 2.05) is 30.3 Å². The third-order valence-electron chi connectivity index (χ3n) is 5.72. The summed E-state index contributed by atoms with van der Waals surface area (Å²) in [6.07, 6.45) is -0.552. The number of aliphatic imine (C=N–C) groups is 1. The van der Waals surface area contributed by atoms with Gasteiger partial charge in [-0.3, -0.25) is 4.79 Å². The Morgan fingerprint density at radius 2 is 1.76 bits per heavy atom. The van der Waals surface area contributed by atoms with E-state index in [1.165, 1.54) is 11.8 Å². The maximum absolute atomic E-state index is 13.5. The average molecular weight is 585 g/mol. The van der Waals surface area contributed by atoms with Crippen molar-refractivity contribution in [2.45, 2.75) is 50.1 Å². The number of para-hydroxylation sites is 1. The molecule has 2 heterocycles. The molecule has 2 fully saturated rings. The molecule has 0 aliphatic carbocycles. The zero-order chi connectivity index (χ0) is 27.0. The Morgan fingerprint density at radius 3 is 2.38 bits per heavy atom. The van der Waals surface area contributed by atoms with Gasteiger partial charge in [0.05, 0.1) is 33.3 Å². The number of carbonyl (C=O) groups is 2. The lowest BCUT2D eigenvalue weighted by atomic mass is 10.1. The van der Waals surface area contributed by atoms with Gasteiger partial charge in [-0.15, -0.1) is 0 Å². The molecule has 4 rings (SSSR count). The number of fused-ring (bicyclic) bond motifs is 1. The number of nitrogens with one attached hydrogen (secondary N) is 1. The predicted octanol–water partition coefficient (Wildman–Crippen LogP) is 4.73. The minimum atomic E-state index is -3.28. The monoisotopic (exact) mass is 583 g/mol. The molecule has 2 aromatic carbocycles. The predicted molar refractivity (Wildman–Crippen MR) is 149 cm³/mol. The summed E-state index contributed by atoms with van der Waals surface area (Å²) in [6, 6.07) is 12.7. The lowest BCUT2D eigenvalue weighted by molar-refractivity contribution is -0.119. The minimum Gasteiger partial charge on any atom is -0.444 e. The molecule has 2 aliphatic heterocycles. The van der Waals surface area contributed by atoms with Crippen LogP contribution in [0.5, 0.6) is 0 Å². The zero-order valence-corrected chi connectivity index (χ0v) is 23.6. The number of alkyl carbamates (subject to hydrolysis) is 1.